The zero-order chi connectivity index (χ0) is 14.6. The van der Waals surface area contributed by atoms with Gasteiger partial charge in [-0.25, -0.2) is 9.18 Å². The maximum atomic E-state index is 13.4. The minimum absolute atomic E-state index is 0.0952. The average molecular weight is 288 g/mol. The summed E-state index contributed by atoms with van der Waals surface area (Å²) < 4.78 is 13.4. The third kappa shape index (κ3) is 3.57. The van der Waals surface area contributed by atoms with Crippen molar-refractivity contribution in [2.75, 3.05) is 30.5 Å². The number of carbonyl (C=O) groups is 1. The van der Waals surface area contributed by atoms with E-state index < -0.39 is 28.0 Å². The molecule has 0 radical (unpaired) electrons. The molecule has 0 atom stereocenters. The van der Waals surface area contributed by atoms with Crippen molar-refractivity contribution in [3.8, 4) is 0 Å². The summed E-state index contributed by atoms with van der Waals surface area (Å²) in [5.41, 5.74) is -0.916. The van der Waals surface area contributed by atoms with Crippen molar-refractivity contribution < 1.29 is 19.2 Å². The van der Waals surface area contributed by atoms with Crippen LogP contribution in [0.25, 0.3) is 0 Å². The highest BCUT2D eigenvalue weighted by atomic mass is 32.2. The van der Waals surface area contributed by atoms with E-state index in [0.29, 0.717) is 18.4 Å². The SMILES string of the molecule is CSCCN(C)c1cc(C(=O)O)c(F)cc1[N+](=O)[O-]. The fourth-order valence-corrected chi connectivity index (χ4v) is 1.97. The van der Waals surface area contributed by atoms with E-state index in [0.717, 1.165) is 6.07 Å². The number of anilines is 1. The molecule has 0 bridgehead atoms. The first-order valence-corrected chi connectivity index (χ1v) is 6.69. The largest absolute Gasteiger partial charge is 0.478 e. The van der Waals surface area contributed by atoms with Gasteiger partial charge in [-0.3, -0.25) is 10.1 Å². The van der Waals surface area contributed by atoms with Gasteiger partial charge in [0, 0.05) is 19.3 Å². The molecule has 1 aromatic carbocycles. The highest BCUT2D eigenvalue weighted by Gasteiger charge is 2.23. The van der Waals surface area contributed by atoms with Gasteiger partial charge < -0.3 is 10.0 Å². The van der Waals surface area contributed by atoms with Gasteiger partial charge in [-0.05, 0) is 12.3 Å². The molecule has 0 aliphatic rings. The summed E-state index contributed by atoms with van der Waals surface area (Å²) >= 11 is 1.55. The second kappa shape index (κ2) is 6.37. The Morgan fingerprint density at radius 2 is 2.21 bits per heavy atom. The van der Waals surface area contributed by atoms with Crippen LogP contribution in [0.2, 0.25) is 0 Å². The van der Waals surface area contributed by atoms with E-state index in [1.165, 1.54) is 0 Å². The van der Waals surface area contributed by atoms with Crippen LogP contribution in [0.1, 0.15) is 10.4 Å². The molecule has 0 heterocycles. The summed E-state index contributed by atoms with van der Waals surface area (Å²) in [6.07, 6.45) is 1.88. The summed E-state index contributed by atoms with van der Waals surface area (Å²) in [5, 5.41) is 19.7. The van der Waals surface area contributed by atoms with Crippen molar-refractivity contribution in [2.45, 2.75) is 0 Å². The summed E-state index contributed by atoms with van der Waals surface area (Å²) in [4.78, 5) is 22.6. The molecule has 1 aromatic rings. The Hall–Kier alpha value is -1.83. The standard InChI is InChI=1S/C11H13FN2O4S/c1-13(3-4-19-2)9-5-7(11(15)16)8(12)6-10(9)14(17)18/h5-6H,3-4H2,1-2H3,(H,15,16). The monoisotopic (exact) mass is 288 g/mol. The molecule has 104 valence electrons. The van der Waals surface area contributed by atoms with Crippen LogP contribution >= 0.6 is 11.8 Å². The summed E-state index contributed by atoms with van der Waals surface area (Å²) in [6.45, 7) is 0.493. The topological polar surface area (TPSA) is 83.7 Å². The molecule has 0 saturated heterocycles. The van der Waals surface area contributed by atoms with Gasteiger partial charge in [-0.15, -0.1) is 0 Å². The molecule has 6 nitrogen and oxygen atoms in total. The first-order chi connectivity index (χ1) is 8.88. The average Bonchev–Trinajstić information content (AvgIpc) is 2.34. The molecule has 19 heavy (non-hydrogen) atoms. The summed E-state index contributed by atoms with van der Waals surface area (Å²) in [6, 6.07) is 1.64. The number of carboxylic acid groups (broad SMARTS) is 1. The minimum Gasteiger partial charge on any atom is -0.478 e. The van der Waals surface area contributed by atoms with Gasteiger partial charge >= 0.3 is 5.97 Å². The number of hydrogen-bond acceptors (Lipinski definition) is 5. The van der Waals surface area contributed by atoms with E-state index in [1.807, 2.05) is 6.26 Å². The highest BCUT2D eigenvalue weighted by molar-refractivity contribution is 7.98. The Balaban J connectivity index is 3.28. The van der Waals surface area contributed by atoms with E-state index in [9.17, 15) is 19.3 Å². The van der Waals surface area contributed by atoms with Gasteiger partial charge in [0.1, 0.15) is 11.5 Å². The van der Waals surface area contributed by atoms with Crippen LogP contribution in [-0.4, -0.2) is 41.6 Å². The van der Waals surface area contributed by atoms with E-state index in [1.54, 1.807) is 23.7 Å². The van der Waals surface area contributed by atoms with Gasteiger partial charge in [0.05, 0.1) is 16.6 Å². The van der Waals surface area contributed by atoms with Gasteiger partial charge in [0.15, 0.2) is 0 Å². The molecule has 0 amide bonds. The summed E-state index contributed by atoms with van der Waals surface area (Å²) in [5.74, 6) is -1.85. The van der Waals surface area contributed by atoms with Crippen molar-refractivity contribution in [3.05, 3.63) is 33.6 Å². The fourth-order valence-electron chi connectivity index (χ4n) is 1.52. The van der Waals surface area contributed by atoms with E-state index in [4.69, 9.17) is 5.11 Å². The van der Waals surface area contributed by atoms with Crippen LogP contribution < -0.4 is 4.90 Å². The number of benzene rings is 1. The molecule has 0 fully saturated rings. The molecule has 0 saturated carbocycles. The highest BCUT2D eigenvalue weighted by Crippen LogP contribution is 2.30. The van der Waals surface area contributed by atoms with Crippen molar-refractivity contribution in [3.63, 3.8) is 0 Å². The maximum Gasteiger partial charge on any atom is 0.338 e. The normalized spacial score (nSPS) is 10.3. The first-order valence-electron chi connectivity index (χ1n) is 5.29. The van der Waals surface area contributed by atoms with Crippen molar-refractivity contribution in [1.82, 2.24) is 0 Å². The lowest BCUT2D eigenvalue weighted by Crippen LogP contribution is -2.22. The minimum atomic E-state index is -1.45. The molecule has 0 aliphatic carbocycles. The quantitative estimate of drug-likeness (QED) is 0.638. The lowest BCUT2D eigenvalue weighted by Gasteiger charge is -2.19. The number of rotatable bonds is 6. The van der Waals surface area contributed by atoms with Crippen LogP contribution in [0, 0.1) is 15.9 Å². The molecule has 0 aromatic heterocycles. The Kier molecular flexibility index (Phi) is 5.11. The van der Waals surface area contributed by atoms with Gasteiger partial charge in [0.2, 0.25) is 0 Å². The lowest BCUT2D eigenvalue weighted by molar-refractivity contribution is -0.384. The molecule has 0 spiro atoms. The smallest absolute Gasteiger partial charge is 0.338 e. The first kappa shape index (κ1) is 15.2. The molecule has 8 heteroatoms. The van der Waals surface area contributed by atoms with Crippen LogP contribution in [-0.2, 0) is 0 Å². The zero-order valence-electron chi connectivity index (χ0n) is 10.4. The molecular formula is C11H13FN2O4S. The second-order valence-electron chi connectivity index (χ2n) is 3.80. The molecule has 1 N–H and O–H groups in total. The van der Waals surface area contributed by atoms with E-state index >= 15 is 0 Å². The third-order valence-electron chi connectivity index (χ3n) is 2.53. The zero-order valence-corrected chi connectivity index (χ0v) is 11.2. The van der Waals surface area contributed by atoms with Crippen molar-refractivity contribution in [2.24, 2.45) is 0 Å². The Bertz CT molecular complexity index is 510. The van der Waals surface area contributed by atoms with Crippen molar-refractivity contribution in [1.29, 1.82) is 0 Å². The molecule has 0 unspecified atom stereocenters. The number of nitro benzene ring substituents is 1. The lowest BCUT2D eigenvalue weighted by atomic mass is 10.1. The van der Waals surface area contributed by atoms with Crippen LogP contribution in [0.3, 0.4) is 0 Å². The van der Waals surface area contributed by atoms with E-state index in [-0.39, 0.29) is 5.69 Å². The van der Waals surface area contributed by atoms with Crippen molar-refractivity contribution >= 4 is 29.1 Å². The van der Waals surface area contributed by atoms with Crippen LogP contribution in [0.15, 0.2) is 12.1 Å². The molecule has 1 rings (SSSR count). The predicted molar refractivity (Wildman–Crippen MR) is 71.7 cm³/mol. The Labute approximate surface area is 113 Å². The number of hydrogen-bond donors (Lipinski definition) is 1. The third-order valence-corrected chi connectivity index (χ3v) is 3.12. The van der Waals surface area contributed by atoms with Crippen LogP contribution in [0.5, 0.6) is 0 Å². The summed E-state index contributed by atoms with van der Waals surface area (Å²) in [7, 11) is 1.60. The van der Waals surface area contributed by atoms with Gasteiger partial charge in [0.25, 0.3) is 5.69 Å². The molecular weight excluding hydrogens is 275 g/mol. The Morgan fingerprint density at radius 3 is 2.68 bits per heavy atom. The number of nitro groups is 1. The number of halogens is 1. The number of nitrogens with zero attached hydrogens (tertiary/aromatic N) is 2. The predicted octanol–water partition coefficient (Wildman–Crippen LogP) is 2.23. The van der Waals surface area contributed by atoms with E-state index in [2.05, 4.69) is 0 Å². The number of thioether (sulfide) groups is 1. The molecule has 0 aliphatic heterocycles. The van der Waals surface area contributed by atoms with Gasteiger partial charge in [-0.2, -0.15) is 11.8 Å². The second-order valence-corrected chi connectivity index (χ2v) is 4.78. The van der Waals surface area contributed by atoms with Crippen LogP contribution in [0.4, 0.5) is 15.8 Å². The fraction of sp³-hybridized carbons (Fsp3) is 0.364. The van der Waals surface area contributed by atoms with Gasteiger partial charge in [-0.1, -0.05) is 0 Å². The number of aromatic carboxylic acids is 1. The maximum absolute atomic E-state index is 13.4. The number of carboxylic acids is 1. The Morgan fingerprint density at radius 1 is 1.58 bits per heavy atom.